The summed E-state index contributed by atoms with van der Waals surface area (Å²) < 4.78 is 46.5. The zero-order chi connectivity index (χ0) is 40.6. The van der Waals surface area contributed by atoms with Crippen molar-refractivity contribution in [2.45, 2.75) is 168 Å². The number of aliphatic hydroxyl groups is 3. The Balaban J connectivity index is 1.58. The van der Waals surface area contributed by atoms with Crippen LogP contribution in [0.2, 0.25) is 0 Å². The first-order valence-corrected chi connectivity index (χ1v) is 18.7. The van der Waals surface area contributed by atoms with Gasteiger partial charge in [-0.25, -0.2) is 14.6 Å². The molecule has 3 saturated heterocycles. The van der Waals surface area contributed by atoms with Crippen LogP contribution in [0.5, 0.6) is 0 Å². The number of esters is 2. The van der Waals surface area contributed by atoms with Crippen molar-refractivity contribution in [2.24, 2.45) is 16.2 Å². The van der Waals surface area contributed by atoms with E-state index < -0.39 is 88.9 Å². The molecule has 0 saturated carbocycles. The molecule has 12 nitrogen and oxygen atoms in total. The molecule has 5 aliphatic heterocycles. The predicted molar refractivity (Wildman–Crippen MR) is 195 cm³/mol. The summed E-state index contributed by atoms with van der Waals surface area (Å²) >= 11 is 0. The number of methoxy groups -OCH3 is 1. The minimum absolute atomic E-state index is 0.0197. The number of ether oxygens (including phenoxy) is 5. The Hall–Kier alpha value is -2.58. The van der Waals surface area contributed by atoms with Crippen LogP contribution >= 0.6 is 0 Å². The zero-order valence-corrected chi connectivity index (χ0v) is 32.6. The van der Waals surface area contributed by atoms with Crippen molar-refractivity contribution >= 4 is 11.9 Å². The summed E-state index contributed by atoms with van der Waals surface area (Å²) in [6.45, 7) is 13.2. The van der Waals surface area contributed by atoms with Crippen LogP contribution in [0, 0.1) is 16.2 Å². The third-order valence-electron chi connectivity index (χ3n) is 11.6. The van der Waals surface area contributed by atoms with E-state index in [9.17, 15) is 24.9 Å². The maximum atomic E-state index is 13.2. The molecule has 298 valence electrons. The molecule has 3 fully saturated rings. The molecule has 6 bridgehead atoms. The van der Waals surface area contributed by atoms with Gasteiger partial charge in [0.15, 0.2) is 5.79 Å². The van der Waals surface area contributed by atoms with Crippen molar-refractivity contribution < 1.29 is 61.1 Å². The van der Waals surface area contributed by atoms with E-state index in [0.717, 1.165) is 11.1 Å². The minimum Gasteiger partial charge on any atom is -0.493 e. The van der Waals surface area contributed by atoms with Gasteiger partial charge in [-0.05, 0) is 57.6 Å². The molecule has 12 heteroatoms. The van der Waals surface area contributed by atoms with E-state index in [2.05, 4.69) is 0 Å². The van der Waals surface area contributed by atoms with Gasteiger partial charge in [0, 0.05) is 46.3 Å². The van der Waals surface area contributed by atoms with E-state index in [1.54, 1.807) is 0 Å². The van der Waals surface area contributed by atoms with Gasteiger partial charge in [0.1, 0.15) is 29.7 Å². The van der Waals surface area contributed by atoms with Gasteiger partial charge in [0.2, 0.25) is 0 Å². The highest BCUT2D eigenvalue weighted by Gasteiger charge is 2.73. The lowest BCUT2D eigenvalue weighted by Crippen LogP contribution is -2.78. The van der Waals surface area contributed by atoms with E-state index in [0.29, 0.717) is 30.6 Å². The number of rotatable bonds is 2. The average molecular weight is 749 g/mol. The van der Waals surface area contributed by atoms with E-state index in [1.807, 2.05) is 66.7 Å². The molecule has 0 aromatic carbocycles. The predicted octanol–water partition coefficient (Wildman–Crippen LogP) is 5.68. The number of carbonyl (C=O) groups excluding carboxylic acids is 2. The molecule has 1 spiro atoms. The standard InChI is InChI=1S/C41H62O12/c1-24(2)26-16-29-20-32(23-42)50-35(45)19-27(43)18-31-21-40(36(52-53-40)37(3,4)5)39(8,9)41(46,51-31)22-30-14-25(15-34(44)47-10)13-28(48-30)11-12-38(6,7)33(17-26)49-29/h11-12,15,17,27-32,36,42-43,46H,13-14,16,18-23H2,1-10H3/b12-11+,25-15+/t27-,28+,29+,30+,31-,32-,36?,40-,41+/m1/s1/i1D,2D. The van der Waals surface area contributed by atoms with E-state index in [-0.39, 0.29) is 45.9 Å². The third-order valence-corrected chi connectivity index (χ3v) is 11.6. The molecule has 5 heterocycles. The van der Waals surface area contributed by atoms with E-state index in [1.165, 1.54) is 13.2 Å². The lowest BCUT2D eigenvalue weighted by molar-refractivity contribution is -0.578. The fraction of sp³-hybridized carbons (Fsp3) is 0.756. The molecular weight excluding hydrogens is 684 g/mol. The fourth-order valence-electron chi connectivity index (χ4n) is 8.45. The number of carbonyl (C=O) groups is 2. The van der Waals surface area contributed by atoms with Crippen LogP contribution in [0.25, 0.3) is 0 Å². The first kappa shape index (κ1) is 38.7. The second-order valence-electron chi connectivity index (χ2n) is 17.7. The number of hydrogen-bond acceptors (Lipinski definition) is 12. The van der Waals surface area contributed by atoms with Gasteiger partial charge in [0.25, 0.3) is 0 Å². The van der Waals surface area contributed by atoms with Crippen LogP contribution in [0.15, 0.2) is 46.8 Å². The smallest absolute Gasteiger partial charge is 0.330 e. The van der Waals surface area contributed by atoms with Crippen molar-refractivity contribution in [3.8, 4) is 0 Å². The highest BCUT2D eigenvalue weighted by atomic mass is 17.3. The molecule has 0 aromatic heterocycles. The van der Waals surface area contributed by atoms with Gasteiger partial charge in [-0.2, -0.15) is 0 Å². The Morgan fingerprint density at radius 1 is 1.04 bits per heavy atom. The van der Waals surface area contributed by atoms with Crippen LogP contribution in [0.1, 0.15) is 116 Å². The monoisotopic (exact) mass is 748 g/mol. The van der Waals surface area contributed by atoms with Crippen LogP contribution in [0.4, 0.5) is 0 Å². The lowest BCUT2D eigenvalue weighted by atomic mass is 9.56. The number of cyclic esters (lactones) is 1. The van der Waals surface area contributed by atoms with E-state index >= 15 is 0 Å². The molecule has 0 radical (unpaired) electrons. The Morgan fingerprint density at radius 2 is 1.77 bits per heavy atom. The SMILES string of the molecule is [2H]CC(C[2H])=C1C=C2O[C@@H](C1)C[C@H](CO)OC(=O)C[C@H](O)C[C@@H]1C[C@]3(OOC3C(C)(C)C)C(C)(C)[C@](O)(C[C@@H]3C/C(=C/C(=O)OC)C[C@H](/C=C/C2(C)C)O3)O1. The Kier molecular flexibility index (Phi) is 11.3. The van der Waals surface area contributed by atoms with Crippen molar-refractivity contribution in [1.29, 1.82) is 0 Å². The van der Waals surface area contributed by atoms with Crippen LogP contribution in [0.3, 0.4) is 0 Å². The van der Waals surface area contributed by atoms with Crippen molar-refractivity contribution in [1.82, 2.24) is 0 Å². The van der Waals surface area contributed by atoms with E-state index in [4.69, 9.17) is 36.2 Å². The molecule has 0 aromatic rings. The molecule has 5 rings (SSSR count). The van der Waals surface area contributed by atoms with Gasteiger partial charge in [-0.15, -0.1) is 0 Å². The topological polar surface area (TPSA) is 159 Å². The van der Waals surface area contributed by atoms with Gasteiger partial charge < -0.3 is 39.0 Å². The molecule has 0 amide bonds. The quantitative estimate of drug-likeness (QED) is 0.137. The first-order valence-electron chi connectivity index (χ1n) is 20.1. The second kappa shape index (κ2) is 15.5. The van der Waals surface area contributed by atoms with Crippen LogP contribution in [-0.2, 0) is 43.0 Å². The lowest BCUT2D eigenvalue weighted by Gasteiger charge is -2.66. The number of hydrogen-bond donors (Lipinski definition) is 3. The van der Waals surface area contributed by atoms with Gasteiger partial charge in [-0.3, -0.25) is 4.79 Å². The number of aliphatic hydroxyl groups excluding tert-OH is 2. The molecule has 0 aliphatic carbocycles. The largest absolute Gasteiger partial charge is 0.493 e. The van der Waals surface area contributed by atoms with Crippen molar-refractivity contribution in [2.75, 3.05) is 13.7 Å². The summed E-state index contributed by atoms with van der Waals surface area (Å²) in [6, 6.07) is 0. The summed E-state index contributed by atoms with van der Waals surface area (Å²) in [5.41, 5.74) is -1.04. The summed E-state index contributed by atoms with van der Waals surface area (Å²) in [5, 5.41) is 34.4. The van der Waals surface area contributed by atoms with Gasteiger partial charge in [0.05, 0.1) is 50.0 Å². The second-order valence-corrected chi connectivity index (χ2v) is 17.7. The third kappa shape index (κ3) is 8.79. The highest BCUT2D eigenvalue weighted by Crippen LogP contribution is 2.62. The van der Waals surface area contributed by atoms with Crippen LogP contribution < -0.4 is 0 Å². The van der Waals surface area contributed by atoms with Crippen LogP contribution in [-0.4, -0.2) is 95.1 Å². The maximum absolute atomic E-state index is 13.2. The van der Waals surface area contributed by atoms with Gasteiger partial charge >= 0.3 is 11.9 Å². The zero-order valence-electron chi connectivity index (χ0n) is 34.6. The Labute approximate surface area is 317 Å². The summed E-state index contributed by atoms with van der Waals surface area (Å²) in [6.07, 6.45) is 3.18. The Morgan fingerprint density at radius 3 is 2.40 bits per heavy atom. The molecule has 3 N–H and O–H groups in total. The molecule has 1 unspecified atom stereocenters. The summed E-state index contributed by atoms with van der Waals surface area (Å²) in [4.78, 5) is 37.6. The molecular formula is C41H62O12. The number of fused-ring (bicyclic) bond motifs is 6. The minimum atomic E-state index is -1.88. The normalized spacial score (nSPS) is 39.6. The molecule has 53 heavy (non-hydrogen) atoms. The molecule has 9 atom stereocenters. The molecule has 5 aliphatic rings. The maximum Gasteiger partial charge on any atom is 0.330 e. The first-order chi connectivity index (χ1) is 25.7. The Bertz CT molecular complexity index is 1540. The average Bonchev–Trinajstić information content (AvgIpc) is 3.07. The van der Waals surface area contributed by atoms with Crippen molar-refractivity contribution in [3.63, 3.8) is 0 Å². The summed E-state index contributed by atoms with van der Waals surface area (Å²) in [5.74, 6) is -2.53. The highest BCUT2D eigenvalue weighted by molar-refractivity contribution is 5.82. The summed E-state index contributed by atoms with van der Waals surface area (Å²) in [7, 11) is 1.32. The van der Waals surface area contributed by atoms with Gasteiger partial charge in [-0.1, -0.05) is 57.9 Å². The number of allylic oxidation sites excluding steroid dienone is 3. The van der Waals surface area contributed by atoms with Crippen molar-refractivity contribution in [3.05, 3.63) is 46.8 Å². The fourth-order valence-corrected chi connectivity index (χ4v) is 8.45.